The molecule has 0 radical (unpaired) electrons. The van der Waals surface area contributed by atoms with Gasteiger partial charge in [0.15, 0.2) is 0 Å². The SMILES string of the molecule is [2H]c1c([2H])c([2H])c(-c2ccc3c(c2)Sc2ccccc2C3Cl)c([2H])c1[2H]. The molecule has 1 aliphatic rings. The number of fused-ring (bicyclic) bond motifs is 2. The van der Waals surface area contributed by atoms with Crippen molar-refractivity contribution in [3.63, 3.8) is 0 Å². The molecular formula is C19H13ClS. The minimum Gasteiger partial charge on any atom is -0.113 e. The Morgan fingerprint density at radius 1 is 0.857 bits per heavy atom. The Balaban J connectivity index is 1.89. The maximum Gasteiger partial charge on any atom is 0.0857 e. The van der Waals surface area contributed by atoms with E-state index in [2.05, 4.69) is 0 Å². The predicted octanol–water partition coefficient (Wildman–Crippen LogP) is 6.15. The summed E-state index contributed by atoms with van der Waals surface area (Å²) in [7, 11) is 0. The average Bonchev–Trinajstić information content (AvgIpc) is 2.65. The molecule has 21 heavy (non-hydrogen) atoms. The van der Waals surface area contributed by atoms with Gasteiger partial charge in [-0.05, 0) is 34.4 Å². The molecule has 1 unspecified atom stereocenters. The van der Waals surface area contributed by atoms with Gasteiger partial charge in [-0.2, -0.15) is 0 Å². The van der Waals surface area contributed by atoms with Gasteiger partial charge >= 0.3 is 0 Å². The van der Waals surface area contributed by atoms with Gasteiger partial charge in [0, 0.05) is 9.79 Å². The van der Waals surface area contributed by atoms with Crippen LogP contribution in [0.1, 0.15) is 23.4 Å². The molecule has 0 saturated heterocycles. The van der Waals surface area contributed by atoms with Gasteiger partial charge < -0.3 is 0 Å². The molecule has 0 nitrogen and oxygen atoms in total. The van der Waals surface area contributed by atoms with Crippen LogP contribution in [0.15, 0.2) is 82.5 Å². The van der Waals surface area contributed by atoms with E-state index in [1.165, 1.54) is 0 Å². The second-order valence-corrected chi connectivity index (χ2v) is 6.28. The molecule has 4 rings (SSSR count). The molecular weight excluding hydrogens is 296 g/mol. The van der Waals surface area contributed by atoms with E-state index in [0.29, 0.717) is 5.56 Å². The van der Waals surface area contributed by atoms with Crippen LogP contribution in [0.2, 0.25) is 0 Å². The van der Waals surface area contributed by atoms with E-state index >= 15 is 0 Å². The van der Waals surface area contributed by atoms with E-state index in [0.717, 1.165) is 20.9 Å². The molecule has 0 spiro atoms. The molecule has 0 bridgehead atoms. The summed E-state index contributed by atoms with van der Waals surface area (Å²) in [6, 6.07) is 12.0. The summed E-state index contributed by atoms with van der Waals surface area (Å²) in [4.78, 5) is 2.01. The number of benzene rings is 3. The fourth-order valence-corrected chi connectivity index (χ4v) is 4.14. The molecule has 3 aromatic carbocycles. The summed E-state index contributed by atoms with van der Waals surface area (Å²) in [6.07, 6.45) is 0. The van der Waals surface area contributed by atoms with Gasteiger partial charge in [0.2, 0.25) is 0 Å². The maximum absolute atomic E-state index is 8.16. The summed E-state index contributed by atoms with van der Waals surface area (Å²) >= 11 is 8.22. The Bertz CT molecular complexity index is 1020. The summed E-state index contributed by atoms with van der Waals surface area (Å²) in [5, 5.41) is -0.267. The number of alkyl halides is 1. The summed E-state index contributed by atoms with van der Waals surface area (Å²) in [5.74, 6) is 0. The van der Waals surface area contributed by atoms with Crippen LogP contribution >= 0.6 is 23.4 Å². The van der Waals surface area contributed by atoms with Crippen molar-refractivity contribution in [2.24, 2.45) is 0 Å². The lowest BCUT2D eigenvalue weighted by Gasteiger charge is -2.24. The quantitative estimate of drug-likeness (QED) is 0.486. The number of hydrogen-bond acceptors (Lipinski definition) is 1. The molecule has 0 N–H and O–H groups in total. The molecule has 0 amide bonds. The molecule has 1 atom stereocenters. The minimum absolute atomic E-state index is 0.195. The summed E-state index contributed by atoms with van der Waals surface area (Å²) in [5.41, 5.74) is 2.83. The lowest BCUT2D eigenvalue weighted by molar-refractivity contribution is 1.02. The fourth-order valence-electron chi connectivity index (χ4n) is 2.45. The smallest absolute Gasteiger partial charge is 0.0857 e. The second kappa shape index (κ2) is 5.25. The van der Waals surface area contributed by atoms with Gasteiger partial charge in [-0.15, -0.1) is 11.6 Å². The molecule has 2 heteroatoms. The molecule has 3 aromatic rings. The maximum atomic E-state index is 8.16. The molecule has 1 aliphatic heterocycles. The third kappa shape index (κ3) is 2.27. The van der Waals surface area contributed by atoms with Crippen molar-refractivity contribution in [2.45, 2.75) is 15.2 Å². The van der Waals surface area contributed by atoms with Crippen LogP contribution in [0.5, 0.6) is 0 Å². The third-order valence-corrected chi connectivity index (χ3v) is 5.12. The molecule has 0 aromatic heterocycles. The first-order valence-corrected chi connectivity index (χ1v) is 7.77. The van der Waals surface area contributed by atoms with Crippen LogP contribution in [-0.4, -0.2) is 0 Å². The lowest BCUT2D eigenvalue weighted by Crippen LogP contribution is -2.02. The Morgan fingerprint density at radius 2 is 1.62 bits per heavy atom. The third-order valence-electron chi connectivity index (χ3n) is 3.49. The van der Waals surface area contributed by atoms with Crippen molar-refractivity contribution in [3.05, 3.63) is 83.8 Å². The van der Waals surface area contributed by atoms with Gasteiger partial charge in [-0.25, -0.2) is 0 Å². The van der Waals surface area contributed by atoms with Crippen LogP contribution in [0.25, 0.3) is 11.1 Å². The van der Waals surface area contributed by atoms with Crippen LogP contribution in [0.4, 0.5) is 0 Å². The summed E-state index contributed by atoms with van der Waals surface area (Å²) in [6.45, 7) is 0. The Kier molecular flexibility index (Phi) is 2.17. The zero-order chi connectivity index (χ0) is 18.6. The van der Waals surface area contributed by atoms with Crippen molar-refractivity contribution < 1.29 is 6.85 Å². The van der Waals surface area contributed by atoms with Gasteiger partial charge in [0.1, 0.15) is 0 Å². The molecule has 1 heterocycles. The van der Waals surface area contributed by atoms with E-state index in [4.69, 9.17) is 18.5 Å². The van der Waals surface area contributed by atoms with Crippen molar-refractivity contribution in [3.8, 4) is 11.1 Å². The molecule has 0 fully saturated rings. The molecule has 0 saturated carbocycles. The van der Waals surface area contributed by atoms with Crippen LogP contribution in [0, 0.1) is 0 Å². The Hall–Kier alpha value is -1.70. The summed E-state index contributed by atoms with van der Waals surface area (Å²) < 4.78 is 39.8. The Labute approximate surface area is 140 Å². The van der Waals surface area contributed by atoms with Crippen LogP contribution < -0.4 is 0 Å². The van der Waals surface area contributed by atoms with E-state index in [9.17, 15) is 0 Å². The van der Waals surface area contributed by atoms with E-state index in [1.54, 1.807) is 17.8 Å². The topological polar surface area (TPSA) is 0 Å². The van der Waals surface area contributed by atoms with Gasteiger partial charge in [0.25, 0.3) is 0 Å². The first-order chi connectivity index (χ1) is 12.4. The molecule has 102 valence electrons. The second-order valence-electron chi connectivity index (χ2n) is 4.76. The highest BCUT2D eigenvalue weighted by atomic mass is 35.5. The zero-order valence-corrected chi connectivity index (χ0v) is 12.5. The van der Waals surface area contributed by atoms with Gasteiger partial charge in [-0.1, -0.05) is 72.3 Å². The predicted molar refractivity (Wildman–Crippen MR) is 90.1 cm³/mol. The van der Waals surface area contributed by atoms with Crippen molar-refractivity contribution in [1.29, 1.82) is 0 Å². The van der Waals surface area contributed by atoms with Crippen LogP contribution in [0.3, 0.4) is 0 Å². The first-order valence-electron chi connectivity index (χ1n) is 9.02. The minimum atomic E-state index is -0.383. The fraction of sp³-hybridized carbons (Fsp3) is 0.0526. The normalized spacial score (nSPS) is 19.5. The monoisotopic (exact) mass is 313 g/mol. The van der Waals surface area contributed by atoms with E-state index in [1.807, 2.05) is 36.4 Å². The first kappa shape index (κ1) is 8.67. The lowest BCUT2D eigenvalue weighted by atomic mass is 9.99. The number of hydrogen-bond donors (Lipinski definition) is 0. The highest BCUT2D eigenvalue weighted by Crippen LogP contribution is 2.48. The van der Waals surface area contributed by atoms with Gasteiger partial charge in [-0.3, -0.25) is 0 Å². The highest BCUT2D eigenvalue weighted by Gasteiger charge is 2.24. The van der Waals surface area contributed by atoms with E-state index < -0.39 is 0 Å². The largest absolute Gasteiger partial charge is 0.113 e. The standard InChI is InChI=1S/C19H13ClS/c20-19-15-8-4-5-9-17(15)21-18-12-14(10-11-16(18)19)13-6-2-1-3-7-13/h1-12,19H/i1D,2D,3D,6D,7D. The van der Waals surface area contributed by atoms with Crippen molar-refractivity contribution in [2.75, 3.05) is 0 Å². The number of rotatable bonds is 1. The van der Waals surface area contributed by atoms with E-state index in [-0.39, 0.29) is 41.2 Å². The van der Waals surface area contributed by atoms with Gasteiger partial charge in [0.05, 0.1) is 12.2 Å². The Morgan fingerprint density at radius 3 is 2.48 bits per heavy atom. The van der Waals surface area contributed by atoms with Crippen molar-refractivity contribution >= 4 is 23.4 Å². The van der Waals surface area contributed by atoms with Crippen LogP contribution in [-0.2, 0) is 0 Å². The average molecular weight is 314 g/mol. The zero-order valence-electron chi connectivity index (χ0n) is 15.9. The molecule has 0 aliphatic carbocycles. The highest BCUT2D eigenvalue weighted by molar-refractivity contribution is 7.99. The number of halogens is 1. The van der Waals surface area contributed by atoms with Crippen molar-refractivity contribution in [1.82, 2.24) is 0 Å².